The molecule has 0 saturated heterocycles. The monoisotopic (exact) mass is 239 g/mol. The number of carbonyl (C=O) groups is 1. The summed E-state index contributed by atoms with van der Waals surface area (Å²) in [4.78, 5) is 21.3. The number of aliphatic hydroxyl groups excluding tert-OH is 1. The second-order valence-corrected chi connectivity index (χ2v) is 3.49. The molecule has 0 fully saturated rings. The number of nitro groups is 1. The highest BCUT2D eigenvalue weighted by atomic mass is 16.6. The molecule has 17 heavy (non-hydrogen) atoms. The third-order valence-electron chi connectivity index (χ3n) is 1.97. The number of rotatable bonds is 4. The number of non-ortho nitro benzene ring substituents is 1. The lowest BCUT2D eigenvalue weighted by atomic mass is 10.3. The zero-order valence-corrected chi connectivity index (χ0v) is 9.21. The van der Waals surface area contributed by atoms with E-state index >= 15 is 0 Å². The van der Waals surface area contributed by atoms with E-state index in [0.29, 0.717) is 5.69 Å². The van der Waals surface area contributed by atoms with Crippen LogP contribution >= 0.6 is 0 Å². The predicted molar refractivity (Wildman–Crippen MR) is 61.8 cm³/mol. The molecule has 1 aromatic carbocycles. The smallest absolute Gasteiger partial charge is 0.319 e. The van der Waals surface area contributed by atoms with Gasteiger partial charge in [-0.3, -0.25) is 10.1 Å². The molecule has 0 aliphatic rings. The van der Waals surface area contributed by atoms with E-state index in [1.807, 2.05) is 0 Å². The molecule has 3 N–H and O–H groups in total. The first kappa shape index (κ1) is 12.9. The first-order chi connectivity index (χ1) is 8.02. The molecule has 0 spiro atoms. The number of amides is 2. The Hall–Kier alpha value is -2.15. The standard InChI is InChI=1S/C10H13N3O4/c1-7(6-14)11-10(15)12-8-3-2-4-9(5-8)13(16)17/h2-5,7,14H,6H2,1H3,(H2,11,12,15)/t7-/m0/s1. The van der Waals surface area contributed by atoms with E-state index in [2.05, 4.69) is 10.6 Å². The Kier molecular flexibility index (Phi) is 4.41. The van der Waals surface area contributed by atoms with Crippen LogP contribution in [0.15, 0.2) is 24.3 Å². The molecule has 0 aliphatic carbocycles. The molecule has 0 radical (unpaired) electrons. The van der Waals surface area contributed by atoms with Gasteiger partial charge < -0.3 is 15.7 Å². The lowest BCUT2D eigenvalue weighted by molar-refractivity contribution is -0.384. The quantitative estimate of drug-likeness (QED) is 0.540. The number of urea groups is 1. The average molecular weight is 239 g/mol. The molecule has 0 unspecified atom stereocenters. The lowest BCUT2D eigenvalue weighted by Crippen LogP contribution is -2.38. The summed E-state index contributed by atoms with van der Waals surface area (Å²) in [6.07, 6.45) is 0. The molecule has 0 saturated carbocycles. The van der Waals surface area contributed by atoms with Crippen LogP contribution < -0.4 is 10.6 Å². The molecular weight excluding hydrogens is 226 g/mol. The van der Waals surface area contributed by atoms with Gasteiger partial charge in [0.1, 0.15) is 0 Å². The minimum atomic E-state index is -0.542. The van der Waals surface area contributed by atoms with Crippen molar-refractivity contribution in [1.29, 1.82) is 0 Å². The van der Waals surface area contributed by atoms with Crippen molar-refractivity contribution >= 4 is 17.4 Å². The van der Waals surface area contributed by atoms with Crippen molar-refractivity contribution in [2.45, 2.75) is 13.0 Å². The third-order valence-corrected chi connectivity index (χ3v) is 1.97. The highest BCUT2D eigenvalue weighted by Crippen LogP contribution is 2.16. The van der Waals surface area contributed by atoms with Crippen LogP contribution in [0.3, 0.4) is 0 Å². The first-order valence-electron chi connectivity index (χ1n) is 4.95. The molecule has 2 amide bonds. The number of nitrogens with one attached hydrogen (secondary N) is 2. The number of aliphatic hydroxyl groups is 1. The lowest BCUT2D eigenvalue weighted by Gasteiger charge is -2.11. The van der Waals surface area contributed by atoms with Gasteiger partial charge in [-0.1, -0.05) is 6.07 Å². The van der Waals surface area contributed by atoms with Crippen molar-refractivity contribution in [3.05, 3.63) is 34.4 Å². The Morgan fingerprint density at radius 1 is 1.59 bits per heavy atom. The number of nitrogens with zero attached hydrogens (tertiary/aromatic N) is 1. The fourth-order valence-electron chi connectivity index (χ4n) is 1.13. The number of nitro benzene ring substituents is 1. The van der Waals surface area contributed by atoms with E-state index in [-0.39, 0.29) is 18.3 Å². The zero-order chi connectivity index (χ0) is 12.8. The van der Waals surface area contributed by atoms with Crippen LogP contribution in [0.25, 0.3) is 0 Å². The van der Waals surface area contributed by atoms with Crippen molar-refractivity contribution < 1.29 is 14.8 Å². The maximum Gasteiger partial charge on any atom is 0.319 e. The Morgan fingerprint density at radius 2 is 2.29 bits per heavy atom. The van der Waals surface area contributed by atoms with Crippen LogP contribution in [0.2, 0.25) is 0 Å². The molecule has 1 atom stereocenters. The van der Waals surface area contributed by atoms with Crippen LogP contribution in [0.4, 0.5) is 16.2 Å². The summed E-state index contributed by atoms with van der Waals surface area (Å²) in [6, 6.07) is 4.70. The molecule has 0 heterocycles. The largest absolute Gasteiger partial charge is 0.394 e. The molecule has 1 rings (SSSR count). The SMILES string of the molecule is C[C@@H](CO)NC(=O)Nc1cccc([N+](=O)[O-])c1. The Morgan fingerprint density at radius 3 is 2.88 bits per heavy atom. The minimum absolute atomic E-state index is 0.0991. The predicted octanol–water partition coefficient (Wildman–Crippen LogP) is 1.10. The fraction of sp³-hybridized carbons (Fsp3) is 0.300. The zero-order valence-electron chi connectivity index (χ0n) is 9.21. The summed E-state index contributed by atoms with van der Waals surface area (Å²) < 4.78 is 0. The van der Waals surface area contributed by atoms with Crippen LogP contribution in [-0.2, 0) is 0 Å². The van der Waals surface area contributed by atoms with E-state index in [9.17, 15) is 14.9 Å². The molecule has 7 heteroatoms. The molecular formula is C10H13N3O4. The van der Waals surface area contributed by atoms with Gasteiger partial charge in [-0.15, -0.1) is 0 Å². The van der Waals surface area contributed by atoms with Crippen molar-refractivity contribution in [2.75, 3.05) is 11.9 Å². The Balaban J connectivity index is 2.65. The van der Waals surface area contributed by atoms with Gasteiger partial charge in [0.15, 0.2) is 0 Å². The number of anilines is 1. The molecule has 92 valence electrons. The van der Waals surface area contributed by atoms with Gasteiger partial charge in [0, 0.05) is 17.8 Å². The summed E-state index contributed by atoms with van der Waals surface area (Å²) in [7, 11) is 0. The average Bonchev–Trinajstić information content (AvgIpc) is 2.28. The van der Waals surface area contributed by atoms with Crippen molar-refractivity contribution in [3.8, 4) is 0 Å². The van der Waals surface area contributed by atoms with E-state index < -0.39 is 11.0 Å². The van der Waals surface area contributed by atoms with E-state index in [0.717, 1.165) is 0 Å². The van der Waals surface area contributed by atoms with Gasteiger partial charge in [-0.25, -0.2) is 4.79 Å². The fourth-order valence-corrected chi connectivity index (χ4v) is 1.13. The Bertz CT molecular complexity index is 422. The summed E-state index contributed by atoms with van der Waals surface area (Å²) >= 11 is 0. The van der Waals surface area contributed by atoms with Gasteiger partial charge in [-0.2, -0.15) is 0 Å². The van der Waals surface area contributed by atoms with Crippen molar-refractivity contribution in [1.82, 2.24) is 5.32 Å². The normalized spacial score (nSPS) is 11.6. The van der Waals surface area contributed by atoms with Crippen molar-refractivity contribution in [3.63, 3.8) is 0 Å². The van der Waals surface area contributed by atoms with Gasteiger partial charge in [0.25, 0.3) is 5.69 Å². The Labute approximate surface area is 97.6 Å². The second kappa shape index (κ2) is 5.80. The summed E-state index contributed by atoms with van der Waals surface area (Å²) in [5.74, 6) is 0. The molecule has 0 aromatic heterocycles. The number of carbonyl (C=O) groups excluding carboxylic acids is 1. The minimum Gasteiger partial charge on any atom is -0.394 e. The molecule has 0 aliphatic heterocycles. The number of hydrogen-bond acceptors (Lipinski definition) is 4. The van der Waals surface area contributed by atoms with Crippen LogP contribution in [0.5, 0.6) is 0 Å². The highest BCUT2D eigenvalue weighted by molar-refractivity contribution is 5.89. The van der Waals surface area contributed by atoms with Gasteiger partial charge in [0.2, 0.25) is 0 Å². The second-order valence-electron chi connectivity index (χ2n) is 3.49. The van der Waals surface area contributed by atoms with Crippen LogP contribution in [-0.4, -0.2) is 28.7 Å². The van der Waals surface area contributed by atoms with Gasteiger partial charge >= 0.3 is 6.03 Å². The first-order valence-corrected chi connectivity index (χ1v) is 4.95. The summed E-state index contributed by atoms with van der Waals surface area (Å²) in [5, 5.41) is 24.1. The number of hydrogen-bond donors (Lipinski definition) is 3. The van der Waals surface area contributed by atoms with E-state index in [1.165, 1.54) is 24.3 Å². The highest BCUT2D eigenvalue weighted by Gasteiger charge is 2.09. The van der Waals surface area contributed by atoms with E-state index in [4.69, 9.17) is 5.11 Å². The summed E-state index contributed by atoms with van der Waals surface area (Å²) in [5.41, 5.74) is 0.222. The topological polar surface area (TPSA) is 104 Å². The van der Waals surface area contributed by atoms with Gasteiger partial charge in [0.05, 0.1) is 17.6 Å². The maximum atomic E-state index is 11.4. The van der Waals surface area contributed by atoms with Crippen LogP contribution in [0.1, 0.15) is 6.92 Å². The van der Waals surface area contributed by atoms with Crippen LogP contribution in [0, 0.1) is 10.1 Å². The molecule has 7 nitrogen and oxygen atoms in total. The van der Waals surface area contributed by atoms with Gasteiger partial charge in [-0.05, 0) is 13.0 Å². The van der Waals surface area contributed by atoms with Crippen molar-refractivity contribution in [2.24, 2.45) is 0 Å². The summed E-state index contributed by atoms with van der Waals surface area (Å²) in [6.45, 7) is 1.45. The molecule has 1 aromatic rings. The maximum absolute atomic E-state index is 11.4. The molecule has 0 bridgehead atoms. The number of benzene rings is 1. The third kappa shape index (κ3) is 4.07. The van der Waals surface area contributed by atoms with E-state index in [1.54, 1.807) is 6.92 Å².